The smallest absolute Gasteiger partial charge is 0.341 e. The highest BCUT2D eigenvalue weighted by Crippen LogP contribution is 2.43. The van der Waals surface area contributed by atoms with E-state index in [0.717, 1.165) is 51.9 Å². The quantitative estimate of drug-likeness (QED) is 0.522. The van der Waals surface area contributed by atoms with Crippen molar-refractivity contribution < 1.29 is 14.7 Å². The molecular formula is C23H22N2O4. The van der Waals surface area contributed by atoms with Gasteiger partial charge in [0.25, 0.3) is 5.56 Å². The molecule has 6 heteroatoms. The highest BCUT2D eigenvalue weighted by Gasteiger charge is 2.29. The van der Waals surface area contributed by atoms with Crippen molar-refractivity contribution in [3.05, 3.63) is 75.2 Å². The first kappa shape index (κ1) is 18.9. The minimum atomic E-state index is -1.18. The molecule has 0 aliphatic heterocycles. The molecule has 1 saturated carbocycles. The van der Waals surface area contributed by atoms with Crippen LogP contribution in [0.15, 0.2) is 52.5 Å². The molecule has 29 heavy (non-hydrogen) atoms. The molecular weight excluding hydrogens is 368 g/mol. The number of aromatic carboxylic acids is 1. The second-order valence-corrected chi connectivity index (χ2v) is 7.41. The molecule has 1 N–H and O–H groups in total. The summed E-state index contributed by atoms with van der Waals surface area (Å²) in [6, 6.07) is 11.4. The van der Waals surface area contributed by atoms with E-state index in [-0.39, 0.29) is 5.56 Å². The van der Waals surface area contributed by atoms with Crippen LogP contribution in [0.5, 0.6) is 0 Å². The van der Waals surface area contributed by atoms with E-state index in [1.54, 1.807) is 12.3 Å². The number of aryl methyl sites for hydroxylation is 1. The molecule has 1 aliphatic carbocycles. The lowest BCUT2D eigenvalue weighted by Gasteiger charge is -2.15. The first-order valence-corrected chi connectivity index (χ1v) is 9.53. The number of hydrogen-bond donors (Lipinski definition) is 1. The van der Waals surface area contributed by atoms with E-state index in [0.29, 0.717) is 5.92 Å². The number of carboxylic acids is 1. The Balaban J connectivity index is 1.90. The first-order chi connectivity index (χ1) is 13.9. The zero-order chi connectivity index (χ0) is 20.7. The maximum atomic E-state index is 12.7. The van der Waals surface area contributed by atoms with Crippen LogP contribution >= 0.6 is 0 Å². The molecule has 3 aromatic rings. The van der Waals surface area contributed by atoms with Crippen LogP contribution in [0.25, 0.3) is 16.6 Å². The zero-order valence-corrected chi connectivity index (χ0v) is 16.6. The number of rotatable bonds is 5. The van der Waals surface area contributed by atoms with Gasteiger partial charge in [0.1, 0.15) is 12.7 Å². The van der Waals surface area contributed by atoms with Crippen molar-refractivity contribution in [3.63, 3.8) is 0 Å². The normalized spacial score (nSPS) is 14.2. The van der Waals surface area contributed by atoms with Crippen LogP contribution < -0.4 is 5.56 Å². The van der Waals surface area contributed by atoms with Crippen LogP contribution in [-0.4, -0.2) is 28.3 Å². The zero-order valence-electron chi connectivity index (χ0n) is 16.6. The second kappa shape index (κ2) is 7.20. The number of carbonyl (C=O) groups is 1. The summed E-state index contributed by atoms with van der Waals surface area (Å²) in [4.78, 5) is 29.1. The number of fused-ring (bicyclic) bond motifs is 1. The van der Waals surface area contributed by atoms with Crippen molar-refractivity contribution in [1.82, 2.24) is 4.40 Å². The fourth-order valence-electron chi connectivity index (χ4n) is 3.85. The van der Waals surface area contributed by atoms with E-state index in [4.69, 9.17) is 4.84 Å². The highest BCUT2D eigenvalue weighted by molar-refractivity contribution is 5.98. The maximum absolute atomic E-state index is 12.7. The fourth-order valence-corrected chi connectivity index (χ4v) is 3.85. The van der Waals surface area contributed by atoms with Gasteiger partial charge in [-0.2, -0.15) is 0 Å². The van der Waals surface area contributed by atoms with E-state index >= 15 is 0 Å². The van der Waals surface area contributed by atoms with Gasteiger partial charge in [0.2, 0.25) is 0 Å². The molecule has 2 aromatic heterocycles. The molecule has 148 valence electrons. The number of hydrogen-bond acceptors (Lipinski definition) is 4. The van der Waals surface area contributed by atoms with Gasteiger partial charge in [0.05, 0.1) is 11.2 Å². The average Bonchev–Trinajstić information content (AvgIpc) is 3.54. The van der Waals surface area contributed by atoms with E-state index in [1.165, 1.54) is 11.5 Å². The van der Waals surface area contributed by atoms with Gasteiger partial charge in [0, 0.05) is 6.20 Å². The lowest BCUT2D eigenvalue weighted by atomic mass is 9.95. The van der Waals surface area contributed by atoms with Crippen molar-refractivity contribution >= 4 is 17.2 Å². The minimum absolute atomic E-state index is 0.172. The lowest BCUT2D eigenvalue weighted by molar-refractivity contribution is 0.0694. The Morgan fingerprint density at radius 1 is 1.21 bits per heavy atom. The lowest BCUT2D eigenvalue weighted by Crippen LogP contribution is -2.23. The van der Waals surface area contributed by atoms with E-state index in [9.17, 15) is 14.7 Å². The number of aromatic nitrogens is 1. The molecule has 1 aromatic carbocycles. The molecule has 0 amide bonds. The van der Waals surface area contributed by atoms with Gasteiger partial charge in [-0.05, 0) is 72.6 Å². The summed E-state index contributed by atoms with van der Waals surface area (Å²) in [6.07, 6.45) is 3.72. The van der Waals surface area contributed by atoms with Crippen LogP contribution in [0.1, 0.15) is 52.7 Å². The Kier molecular flexibility index (Phi) is 4.70. The highest BCUT2D eigenvalue weighted by atomic mass is 16.6. The number of pyridine rings is 2. The molecule has 0 spiro atoms. The van der Waals surface area contributed by atoms with Gasteiger partial charge in [-0.1, -0.05) is 29.4 Å². The molecule has 0 bridgehead atoms. The van der Waals surface area contributed by atoms with E-state index < -0.39 is 11.5 Å². The molecule has 0 radical (unpaired) electrons. The number of oxime groups is 1. The summed E-state index contributed by atoms with van der Waals surface area (Å²) in [5, 5.41) is 13.4. The summed E-state index contributed by atoms with van der Waals surface area (Å²) < 4.78 is 1.49. The van der Waals surface area contributed by atoms with Crippen LogP contribution in [0, 0.1) is 6.92 Å². The fraction of sp³-hybridized carbons (Fsp3) is 0.261. The monoisotopic (exact) mass is 390 g/mol. The van der Waals surface area contributed by atoms with Crippen molar-refractivity contribution in [1.29, 1.82) is 0 Å². The van der Waals surface area contributed by atoms with Crippen molar-refractivity contribution in [2.45, 2.75) is 32.6 Å². The van der Waals surface area contributed by atoms with Crippen molar-refractivity contribution in [2.24, 2.45) is 5.16 Å². The summed E-state index contributed by atoms with van der Waals surface area (Å²) in [5.41, 5.74) is 5.87. The summed E-state index contributed by atoms with van der Waals surface area (Å²) in [5.74, 6) is -0.871. The third-order valence-corrected chi connectivity index (χ3v) is 5.50. The Morgan fingerprint density at radius 3 is 2.48 bits per heavy atom. The number of benzene rings is 1. The van der Waals surface area contributed by atoms with E-state index in [2.05, 4.69) is 5.16 Å². The molecule has 0 saturated heterocycles. The second-order valence-electron chi connectivity index (χ2n) is 7.41. The topological polar surface area (TPSA) is 80.4 Å². The molecule has 0 unspecified atom stereocenters. The van der Waals surface area contributed by atoms with Crippen molar-refractivity contribution in [2.75, 3.05) is 7.11 Å². The molecule has 0 atom stereocenters. The predicted molar refractivity (Wildman–Crippen MR) is 112 cm³/mol. The van der Waals surface area contributed by atoms with Gasteiger partial charge in [0.15, 0.2) is 0 Å². The molecule has 2 heterocycles. The predicted octanol–water partition coefficient (Wildman–Crippen LogP) is 4.22. The largest absolute Gasteiger partial charge is 0.477 e. The van der Waals surface area contributed by atoms with Crippen LogP contribution in [0.4, 0.5) is 0 Å². The average molecular weight is 390 g/mol. The third-order valence-electron chi connectivity index (χ3n) is 5.50. The van der Waals surface area contributed by atoms with Crippen LogP contribution in [0.3, 0.4) is 0 Å². The molecule has 1 aliphatic rings. The van der Waals surface area contributed by atoms with Gasteiger partial charge in [-0.3, -0.25) is 9.20 Å². The first-order valence-electron chi connectivity index (χ1n) is 9.53. The van der Waals surface area contributed by atoms with Gasteiger partial charge < -0.3 is 9.94 Å². The molecule has 4 rings (SSSR count). The SMILES string of the molecule is CO/N=C(\C)c1ccc(-c2ccn3c(=O)c(C(=O)O)cc(C4CC4)c3c2C)cc1. The maximum Gasteiger partial charge on any atom is 0.341 e. The molecule has 6 nitrogen and oxygen atoms in total. The van der Waals surface area contributed by atoms with Crippen LogP contribution in [0.2, 0.25) is 0 Å². The third kappa shape index (κ3) is 3.31. The van der Waals surface area contributed by atoms with Gasteiger partial charge >= 0.3 is 5.97 Å². The van der Waals surface area contributed by atoms with Gasteiger partial charge in [-0.25, -0.2) is 4.79 Å². The molecule has 1 fully saturated rings. The number of nitrogens with zero attached hydrogens (tertiary/aromatic N) is 2. The van der Waals surface area contributed by atoms with E-state index in [1.807, 2.05) is 44.2 Å². The summed E-state index contributed by atoms with van der Waals surface area (Å²) >= 11 is 0. The Labute approximate surface area is 168 Å². The Hall–Kier alpha value is -3.41. The van der Waals surface area contributed by atoms with Gasteiger partial charge in [-0.15, -0.1) is 0 Å². The van der Waals surface area contributed by atoms with Crippen LogP contribution in [-0.2, 0) is 4.84 Å². The Morgan fingerprint density at radius 2 is 1.90 bits per heavy atom. The minimum Gasteiger partial charge on any atom is -0.477 e. The Bertz CT molecular complexity index is 1200. The number of carboxylic acid groups (broad SMARTS) is 1. The summed E-state index contributed by atoms with van der Waals surface area (Å²) in [7, 11) is 1.52. The standard InChI is InChI=1S/C23H22N2O4/c1-13-18(16-6-4-15(5-7-16)14(2)24-29-3)10-11-25-21(13)19(17-8-9-17)12-20(22(25)26)23(27)28/h4-7,10-12,17H,8-9H2,1-3H3,(H,27,28)/b24-14+. The van der Waals surface area contributed by atoms with Crippen molar-refractivity contribution in [3.8, 4) is 11.1 Å². The summed E-state index contributed by atoms with van der Waals surface area (Å²) in [6.45, 7) is 3.87.